The third kappa shape index (κ3) is 3.72. The Labute approximate surface area is 188 Å². The first-order chi connectivity index (χ1) is 15.4. The number of fused-ring (bicyclic) bond motifs is 3. The molecule has 7 heteroatoms. The van der Waals surface area contributed by atoms with E-state index in [1.165, 1.54) is 0 Å². The summed E-state index contributed by atoms with van der Waals surface area (Å²) >= 11 is 0. The van der Waals surface area contributed by atoms with Crippen LogP contribution in [0.2, 0.25) is 0 Å². The SMILES string of the molecule is CCN(Cc1ccc(OC)cc1)C(=O)CCN1C(=O)c2ccccc2N2C(=O)CCC12C. The fourth-order valence-electron chi connectivity index (χ4n) is 4.73. The second-order valence-corrected chi connectivity index (χ2v) is 8.43. The van der Waals surface area contributed by atoms with Crippen molar-refractivity contribution in [3.63, 3.8) is 0 Å². The van der Waals surface area contributed by atoms with Crippen molar-refractivity contribution in [1.82, 2.24) is 9.80 Å². The van der Waals surface area contributed by atoms with Crippen molar-refractivity contribution in [2.24, 2.45) is 0 Å². The predicted molar refractivity (Wildman–Crippen MR) is 121 cm³/mol. The standard InChI is InChI=1S/C25H29N3O4/c1-4-26(17-18-9-11-19(32-3)12-10-18)22(29)14-16-27-24(31)20-7-5-6-8-21(20)28-23(30)13-15-25(27,28)2/h5-12H,4,13-17H2,1-3H3. The van der Waals surface area contributed by atoms with Gasteiger partial charge in [0.2, 0.25) is 11.8 Å². The highest BCUT2D eigenvalue weighted by molar-refractivity contribution is 6.10. The number of benzene rings is 2. The number of rotatable bonds is 7. The lowest BCUT2D eigenvalue weighted by atomic mass is 9.98. The van der Waals surface area contributed by atoms with E-state index in [0.717, 1.165) is 11.3 Å². The van der Waals surface area contributed by atoms with E-state index in [-0.39, 0.29) is 30.7 Å². The minimum absolute atomic E-state index is 0.0125. The second kappa shape index (κ2) is 8.65. The minimum Gasteiger partial charge on any atom is -0.497 e. The zero-order valence-corrected chi connectivity index (χ0v) is 18.8. The highest BCUT2D eigenvalue weighted by Gasteiger charge is 2.52. The number of nitrogens with zero attached hydrogens (tertiary/aromatic N) is 3. The number of anilines is 1. The zero-order chi connectivity index (χ0) is 22.9. The molecule has 7 nitrogen and oxygen atoms in total. The maximum absolute atomic E-state index is 13.3. The summed E-state index contributed by atoms with van der Waals surface area (Å²) in [5.74, 6) is 0.642. The number of carbonyl (C=O) groups is 3. The first-order valence-electron chi connectivity index (χ1n) is 11.0. The minimum atomic E-state index is -0.740. The molecule has 4 rings (SSSR count). The van der Waals surface area contributed by atoms with Gasteiger partial charge in [-0.3, -0.25) is 19.3 Å². The summed E-state index contributed by atoms with van der Waals surface area (Å²) in [6, 6.07) is 14.9. The van der Waals surface area contributed by atoms with Crippen molar-refractivity contribution in [2.75, 3.05) is 25.1 Å². The third-order valence-corrected chi connectivity index (χ3v) is 6.56. The van der Waals surface area contributed by atoms with Crippen molar-refractivity contribution in [2.45, 2.75) is 45.3 Å². The molecular formula is C25H29N3O4. The maximum atomic E-state index is 13.3. The fraction of sp³-hybridized carbons (Fsp3) is 0.400. The summed E-state index contributed by atoms with van der Waals surface area (Å²) in [5.41, 5.74) is 1.46. The maximum Gasteiger partial charge on any atom is 0.257 e. The van der Waals surface area contributed by atoms with Crippen LogP contribution in [0, 0.1) is 0 Å². The quantitative estimate of drug-likeness (QED) is 0.668. The van der Waals surface area contributed by atoms with E-state index in [1.807, 2.05) is 50.2 Å². The van der Waals surface area contributed by atoms with Crippen molar-refractivity contribution in [3.05, 3.63) is 59.7 Å². The van der Waals surface area contributed by atoms with Gasteiger partial charge in [0.1, 0.15) is 11.4 Å². The highest BCUT2D eigenvalue weighted by Crippen LogP contribution is 2.44. The van der Waals surface area contributed by atoms with E-state index in [4.69, 9.17) is 4.74 Å². The summed E-state index contributed by atoms with van der Waals surface area (Å²) in [6.45, 7) is 5.21. The fourth-order valence-corrected chi connectivity index (χ4v) is 4.73. The Kier molecular flexibility index (Phi) is 5.91. The number of carbonyl (C=O) groups excluding carboxylic acids is 3. The van der Waals surface area contributed by atoms with Gasteiger partial charge in [-0.1, -0.05) is 24.3 Å². The van der Waals surface area contributed by atoms with Gasteiger partial charge in [-0.15, -0.1) is 0 Å². The number of methoxy groups -OCH3 is 1. The Balaban J connectivity index is 1.50. The van der Waals surface area contributed by atoms with Crippen LogP contribution >= 0.6 is 0 Å². The second-order valence-electron chi connectivity index (χ2n) is 8.43. The molecule has 2 aromatic carbocycles. The average molecular weight is 436 g/mol. The molecule has 2 aliphatic rings. The van der Waals surface area contributed by atoms with Crippen LogP contribution in [0.15, 0.2) is 48.5 Å². The Morgan fingerprint density at radius 3 is 2.53 bits per heavy atom. The molecule has 1 atom stereocenters. The first-order valence-corrected chi connectivity index (χ1v) is 11.0. The van der Waals surface area contributed by atoms with Crippen LogP contribution in [0.25, 0.3) is 0 Å². The van der Waals surface area contributed by atoms with E-state index in [1.54, 1.807) is 33.9 Å². The van der Waals surface area contributed by atoms with Crippen LogP contribution in [-0.4, -0.2) is 53.4 Å². The molecule has 0 N–H and O–H groups in total. The summed E-state index contributed by atoms with van der Waals surface area (Å²) < 4.78 is 5.19. The molecule has 0 saturated carbocycles. The van der Waals surface area contributed by atoms with Gasteiger partial charge in [0, 0.05) is 32.5 Å². The molecule has 1 saturated heterocycles. The van der Waals surface area contributed by atoms with E-state index in [9.17, 15) is 14.4 Å². The molecule has 0 spiro atoms. The van der Waals surface area contributed by atoms with Crippen LogP contribution < -0.4 is 9.64 Å². The molecule has 2 heterocycles. The summed E-state index contributed by atoms with van der Waals surface area (Å²) in [6.07, 6.45) is 1.15. The molecule has 32 heavy (non-hydrogen) atoms. The molecule has 1 unspecified atom stereocenters. The third-order valence-electron chi connectivity index (χ3n) is 6.56. The smallest absolute Gasteiger partial charge is 0.257 e. The van der Waals surface area contributed by atoms with Gasteiger partial charge in [-0.25, -0.2) is 0 Å². The molecular weight excluding hydrogens is 406 g/mol. The molecule has 2 aromatic rings. The van der Waals surface area contributed by atoms with Crippen molar-refractivity contribution in [1.29, 1.82) is 0 Å². The molecule has 0 aliphatic carbocycles. The number of hydrogen-bond donors (Lipinski definition) is 0. The Bertz CT molecular complexity index is 1040. The highest BCUT2D eigenvalue weighted by atomic mass is 16.5. The van der Waals surface area contributed by atoms with Crippen LogP contribution in [0.5, 0.6) is 5.75 Å². The Hall–Kier alpha value is -3.35. The molecule has 3 amide bonds. The van der Waals surface area contributed by atoms with Crippen molar-refractivity contribution in [3.8, 4) is 5.75 Å². The summed E-state index contributed by atoms with van der Waals surface area (Å²) in [4.78, 5) is 44.3. The van der Waals surface area contributed by atoms with Gasteiger partial charge >= 0.3 is 0 Å². The molecule has 168 valence electrons. The van der Waals surface area contributed by atoms with Crippen molar-refractivity contribution < 1.29 is 19.1 Å². The Morgan fingerprint density at radius 1 is 1.12 bits per heavy atom. The van der Waals surface area contributed by atoms with Gasteiger partial charge in [0.25, 0.3) is 5.91 Å². The molecule has 0 aromatic heterocycles. The van der Waals surface area contributed by atoms with Crippen LogP contribution in [0.1, 0.15) is 49.0 Å². The van der Waals surface area contributed by atoms with Crippen LogP contribution in [0.4, 0.5) is 5.69 Å². The van der Waals surface area contributed by atoms with E-state index >= 15 is 0 Å². The summed E-state index contributed by atoms with van der Waals surface area (Å²) in [7, 11) is 1.62. The van der Waals surface area contributed by atoms with Gasteiger partial charge in [0.15, 0.2) is 0 Å². The summed E-state index contributed by atoms with van der Waals surface area (Å²) in [5, 5.41) is 0. The van der Waals surface area contributed by atoms with Gasteiger partial charge in [0.05, 0.1) is 18.4 Å². The lowest BCUT2D eigenvalue weighted by molar-refractivity contribution is -0.132. The predicted octanol–water partition coefficient (Wildman–Crippen LogP) is 3.43. The van der Waals surface area contributed by atoms with Gasteiger partial charge < -0.3 is 14.5 Å². The lowest BCUT2D eigenvalue weighted by Gasteiger charge is -2.48. The Morgan fingerprint density at radius 2 is 1.84 bits per heavy atom. The average Bonchev–Trinajstić information content (AvgIpc) is 3.12. The van der Waals surface area contributed by atoms with Gasteiger partial charge in [-0.05, 0) is 50.1 Å². The molecule has 2 aliphatic heterocycles. The number of hydrogen-bond acceptors (Lipinski definition) is 4. The normalized spacial score (nSPS) is 19.6. The van der Waals surface area contributed by atoms with E-state index in [0.29, 0.717) is 37.2 Å². The lowest BCUT2D eigenvalue weighted by Crippen LogP contribution is -2.62. The van der Waals surface area contributed by atoms with E-state index in [2.05, 4.69) is 0 Å². The number of para-hydroxylation sites is 1. The largest absolute Gasteiger partial charge is 0.497 e. The molecule has 0 bridgehead atoms. The first kappa shape index (κ1) is 21.9. The monoisotopic (exact) mass is 435 g/mol. The van der Waals surface area contributed by atoms with Crippen molar-refractivity contribution >= 4 is 23.4 Å². The van der Waals surface area contributed by atoms with Crippen LogP contribution in [-0.2, 0) is 16.1 Å². The van der Waals surface area contributed by atoms with Crippen LogP contribution in [0.3, 0.4) is 0 Å². The number of amides is 3. The topological polar surface area (TPSA) is 70.2 Å². The molecule has 0 radical (unpaired) electrons. The number of ether oxygens (including phenoxy) is 1. The molecule has 1 fully saturated rings. The van der Waals surface area contributed by atoms with Gasteiger partial charge in [-0.2, -0.15) is 0 Å². The van der Waals surface area contributed by atoms with E-state index < -0.39 is 5.66 Å². The zero-order valence-electron chi connectivity index (χ0n) is 18.8.